The first-order valence-electron chi connectivity index (χ1n) is 9.52. The van der Waals surface area contributed by atoms with Gasteiger partial charge in [-0.2, -0.15) is 0 Å². The third-order valence-electron chi connectivity index (χ3n) is 5.26. The minimum atomic E-state index is -1.44. The molecule has 154 valence electrons. The van der Waals surface area contributed by atoms with Crippen molar-refractivity contribution in [2.45, 2.75) is 45.4 Å². The molecule has 1 saturated heterocycles. The summed E-state index contributed by atoms with van der Waals surface area (Å²) in [6, 6.07) is 3.50. The van der Waals surface area contributed by atoms with Crippen LogP contribution in [0.5, 0.6) is 5.75 Å². The van der Waals surface area contributed by atoms with E-state index in [0.717, 1.165) is 9.88 Å². The van der Waals surface area contributed by atoms with E-state index in [-0.39, 0.29) is 12.0 Å². The number of fused-ring (bicyclic) bond motifs is 1. The van der Waals surface area contributed by atoms with E-state index >= 15 is 4.39 Å². The van der Waals surface area contributed by atoms with E-state index in [4.69, 9.17) is 19.6 Å². The number of nitrogens with two attached hydrogens (primary N) is 1. The average Bonchev–Trinajstić information content (AvgIpc) is 3.23. The Morgan fingerprint density at radius 2 is 2.10 bits per heavy atom. The van der Waals surface area contributed by atoms with Crippen LogP contribution in [0.2, 0.25) is 0 Å². The number of hydrogen-bond acceptors (Lipinski definition) is 6. The van der Waals surface area contributed by atoms with Crippen molar-refractivity contribution < 1.29 is 23.1 Å². The molecular formula is C21H23FN2O4S. The fourth-order valence-corrected chi connectivity index (χ4v) is 4.53. The summed E-state index contributed by atoms with van der Waals surface area (Å²) in [5.41, 5.74) is 5.57. The Balaban J connectivity index is 1.78. The molecule has 3 heterocycles. The van der Waals surface area contributed by atoms with E-state index in [2.05, 4.69) is 4.98 Å². The van der Waals surface area contributed by atoms with E-state index in [1.54, 1.807) is 36.6 Å². The zero-order chi connectivity index (χ0) is 20.6. The highest BCUT2D eigenvalue weighted by Gasteiger charge is 2.35. The van der Waals surface area contributed by atoms with Gasteiger partial charge in [-0.1, -0.05) is 0 Å². The first-order valence-corrected chi connectivity index (χ1v) is 10.3. The van der Waals surface area contributed by atoms with Crippen molar-refractivity contribution in [3.05, 3.63) is 45.1 Å². The van der Waals surface area contributed by atoms with Crippen molar-refractivity contribution in [1.82, 2.24) is 4.98 Å². The molecule has 2 N–H and O–H groups in total. The molecule has 0 atom stereocenters. The van der Waals surface area contributed by atoms with Crippen molar-refractivity contribution >= 4 is 28.2 Å². The van der Waals surface area contributed by atoms with Crippen LogP contribution in [0.4, 0.5) is 4.39 Å². The molecule has 8 heteroatoms. The van der Waals surface area contributed by atoms with Crippen molar-refractivity contribution in [2.75, 3.05) is 13.2 Å². The number of alkyl halides is 1. The maximum absolute atomic E-state index is 15.6. The van der Waals surface area contributed by atoms with Crippen LogP contribution in [0, 0.1) is 13.8 Å². The molecule has 4 rings (SSSR count). The van der Waals surface area contributed by atoms with Gasteiger partial charge >= 0.3 is 0 Å². The van der Waals surface area contributed by atoms with Crippen LogP contribution < -0.4 is 10.5 Å². The Hall–Kier alpha value is -2.45. The zero-order valence-electron chi connectivity index (χ0n) is 16.4. The summed E-state index contributed by atoms with van der Waals surface area (Å²) in [6.45, 7) is 4.67. The van der Waals surface area contributed by atoms with Crippen molar-refractivity contribution in [3.8, 4) is 5.75 Å². The molecule has 0 unspecified atom stereocenters. The van der Waals surface area contributed by atoms with E-state index in [0.29, 0.717) is 60.7 Å². The number of carbonyl (C=O) groups excluding carboxylic acids is 1. The maximum atomic E-state index is 15.6. The van der Waals surface area contributed by atoms with Gasteiger partial charge in [-0.05, 0) is 26.0 Å². The Bertz CT molecular complexity index is 1050. The van der Waals surface area contributed by atoms with Crippen molar-refractivity contribution in [1.29, 1.82) is 0 Å². The summed E-state index contributed by atoms with van der Waals surface area (Å²) in [5, 5.41) is 1.49. The van der Waals surface area contributed by atoms with Crippen LogP contribution in [-0.2, 0) is 17.8 Å². The number of thiazole rings is 1. The summed E-state index contributed by atoms with van der Waals surface area (Å²) in [7, 11) is 0. The van der Waals surface area contributed by atoms with Gasteiger partial charge in [-0.3, -0.25) is 4.79 Å². The number of carbonyl (C=O) groups is 1. The number of aromatic nitrogens is 1. The molecule has 29 heavy (non-hydrogen) atoms. The lowest BCUT2D eigenvalue weighted by Gasteiger charge is -2.30. The number of amides is 1. The summed E-state index contributed by atoms with van der Waals surface area (Å²) < 4.78 is 32.7. The molecular weight excluding hydrogens is 395 g/mol. The Kier molecular flexibility index (Phi) is 5.31. The number of benzene rings is 1. The molecule has 0 radical (unpaired) electrons. The minimum absolute atomic E-state index is 0.101. The van der Waals surface area contributed by atoms with Crippen molar-refractivity contribution in [3.63, 3.8) is 0 Å². The predicted molar refractivity (Wildman–Crippen MR) is 108 cm³/mol. The molecule has 1 amide bonds. The van der Waals surface area contributed by atoms with Gasteiger partial charge in [0.2, 0.25) is 0 Å². The summed E-state index contributed by atoms with van der Waals surface area (Å²) >= 11 is 1.54. The first-order chi connectivity index (χ1) is 13.9. The van der Waals surface area contributed by atoms with Gasteiger partial charge in [0, 0.05) is 49.6 Å². The number of primary amides is 1. The van der Waals surface area contributed by atoms with Crippen LogP contribution in [0.3, 0.4) is 0 Å². The van der Waals surface area contributed by atoms with Gasteiger partial charge in [-0.15, -0.1) is 11.3 Å². The molecule has 3 aromatic rings. The van der Waals surface area contributed by atoms with Crippen LogP contribution in [0.25, 0.3) is 11.0 Å². The quantitative estimate of drug-likeness (QED) is 0.647. The fraction of sp³-hybridized carbons (Fsp3) is 0.429. The van der Waals surface area contributed by atoms with E-state index in [1.807, 2.05) is 6.92 Å². The Morgan fingerprint density at radius 1 is 1.34 bits per heavy atom. The van der Waals surface area contributed by atoms with Gasteiger partial charge in [-0.25, -0.2) is 9.37 Å². The molecule has 0 saturated carbocycles. The highest BCUT2D eigenvalue weighted by atomic mass is 32.1. The normalized spacial score (nSPS) is 16.2. The first kappa shape index (κ1) is 19.8. The second kappa shape index (κ2) is 7.76. The second-order valence-corrected chi connectivity index (χ2v) is 8.71. The Morgan fingerprint density at radius 3 is 2.76 bits per heavy atom. The minimum Gasteiger partial charge on any atom is -0.488 e. The zero-order valence-corrected chi connectivity index (χ0v) is 17.2. The third kappa shape index (κ3) is 4.00. The number of rotatable bonds is 6. The maximum Gasteiger partial charge on any atom is 0.252 e. The number of aryl methyl sites for hydroxylation is 2. The molecule has 1 aromatic carbocycles. The molecule has 1 aliphatic heterocycles. The molecule has 1 aliphatic rings. The van der Waals surface area contributed by atoms with Gasteiger partial charge in [0.25, 0.3) is 5.91 Å². The highest BCUT2D eigenvalue weighted by molar-refractivity contribution is 7.11. The smallest absolute Gasteiger partial charge is 0.252 e. The van der Waals surface area contributed by atoms with Gasteiger partial charge in [0.15, 0.2) is 0 Å². The Labute approximate surface area is 171 Å². The van der Waals surface area contributed by atoms with Gasteiger partial charge < -0.3 is 19.6 Å². The molecule has 6 nitrogen and oxygen atoms in total. The molecule has 0 spiro atoms. The van der Waals surface area contributed by atoms with E-state index in [9.17, 15) is 4.79 Å². The highest BCUT2D eigenvalue weighted by Crippen LogP contribution is 2.40. The molecule has 0 bridgehead atoms. The van der Waals surface area contributed by atoms with Gasteiger partial charge in [0.1, 0.15) is 29.4 Å². The SMILES string of the molecule is Cc1ncc(COc2ccc3oc(C)c(C(N)=O)c3c2CC2(F)CCOCC2)s1. The standard InChI is InChI=1S/C21H23FN2O4S/c1-12-18(20(23)25)19-15(9-21(22)5-7-26-8-6-21)16(3-4-17(19)28-12)27-11-14-10-24-13(2)29-14/h3-4,10H,5-9,11H2,1-2H3,(H2,23,25). The van der Waals surface area contributed by atoms with Crippen LogP contribution >= 0.6 is 11.3 Å². The molecule has 2 aromatic heterocycles. The number of furan rings is 1. The van der Waals surface area contributed by atoms with Crippen LogP contribution in [0.15, 0.2) is 22.7 Å². The number of ether oxygens (including phenoxy) is 2. The lowest BCUT2D eigenvalue weighted by Crippen LogP contribution is -2.34. The van der Waals surface area contributed by atoms with Crippen LogP contribution in [-0.4, -0.2) is 29.8 Å². The second-order valence-electron chi connectivity index (χ2n) is 7.39. The van der Waals surface area contributed by atoms with Crippen LogP contribution in [0.1, 0.15) is 44.4 Å². The van der Waals surface area contributed by atoms with E-state index in [1.165, 1.54) is 0 Å². The summed E-state index contributed by atoms with van der Waals surface area (Å²) in [4.78, 5) is 17.3. The fourth-order valence-electron chi connectivity index (χ4n) is 3.82. The summed E-state index contributed by atoms with van der Waals surface area (Å²) in [5.74, 6) is 0.344. The number of hydrogen-bond donors (Lipinski definition) is 1. The van der Waals surface area contributed by atoms with E-state index < -0.39 is 11.6 Å². The third-order valence-corrected chi connectivity index (χ3v) is 6.15. The summed E-state index contributed by atoms with van der Waals surface area (Å²) in [6.07, 6.45) is 2.45. The largest absolute Gasteiger partial charge is 0.488 e. The lowest BCUT2D eigenvalue weighted by atomic mass is 9.86. The predicted octanol–water partition coefficient (Wildman–Crippen LogP) is 4.25. The van der Waals surface area contributed by atoms with Gasteiger partial charge in [0.05, 0.1) is 15.4 Å². The molecule has 1 fully saturated rings. The lowest BCUT2D eigenvalue weighted by molar-refractivity contribution is -0.00832. The average molecular weight is 418 g/mol. The monoisotopic (exact) mass is 418 g/mol. The molecule has 0 aliphatic carbocycles. The number of halogens is 1. The van der Waals surface area contributed by atoms with Crippen molar-refractivity contribution in [2.24, 2.45) is 5.73 Å². The topological polar surface area (TPSA) is 87.6 Å². The number of nitrogens with zero attached hydrogens (tertiary/aromatic N) is 1.